The first-order chi connectivity index (χ1) is 27.5. The number of carbonyl (C=O) groups excluding carboxylic acids is 2. The van der Waals surface area contributed by atoms with Gasteiger partial charge in [-0.15, -0.1) is 0 Å². The van der Waals surface area contributed by atoms with Crippen molar-refractivity contribution in [1.82, 2.24) is 0 Å². The lowest BCUT2D eigenvalue weighted by Crippen LogP contribution is -2.43. The molecule has 0 aliphatic heterocycles. The minimum atomic E-state index is 0.0386. The Labute approximate surface area is 334 Å². The van der Waals surface area contributed by atoms with Gasteiger partial charge in [-0.05, 0) is 136 Å². The van der Waals surface area contributed by atoms with Gasteiger partial charge in [-0.1, -0.05) is 111 Å². The second-order valence-electron chi connectivity index (χ2n) is 15.5. The van der Waals surface area contributed by atoms with Gasteiger partial charge in [-0.25, -0.2) is 0 Å². The van der Waals surface area contributed by atoms with E-state index in [2.05, 4.69) is 37.5 Å². The Morgan fingerprint density at radius 2 is 0.786 bits per heavy atom. The van der Waals surface area contributed by atoms with E-state index in [1.165, 1.54) is 38.5 Å². The summed E-state index contributed by atoms with van der Waals surface area (Å²) >= 11 is 0. The average Bonchev–Trinajstić information content (AvgIpc) is 3.27. The average molecular weight is 737 g/mol. The summed E-state index contributed by atoms with van der Waals surface area (Å²) < 4.78 is 0. The molecular formula is C52H52N2O2. The van der Waals surface area contributed by atoms with Crippen molar-refractivity contribution in [2.24, 2.45) is 11.8 Å². The Morgan fingerprint density at radius 3 is 1.14 bits per heavy atom. The zero-order valence-corrected chi connectivity index (χ0v) is 32.8. The highest BCUT2D eigenvalue weighted by atomic mass is 16.2. The monoisotopic (exact) mass is 736 g/mol. The van der Waals surface area contributed by atoms with Gasteiger partial charge in [0.05, 0.1) is 0 Å². The topological polar surface area (TPSA) is 40.6 Å². The van der Waals surface area contributed by atoms with Crippen LogP contribution in [0.2, 0.25) is 0 Å². The number of hydrogen-bond donors (Lipinski definition) is 0. The third-order valence-electron chi connectivity index (χ3n) is 11.9. The third-order valence-corrected chi connectivity index (χ3v) is 11.9. The van der Waals surface area contributed by atoms with E-state index in [0.29, 0.717) is 23.0 Å². The molecular weight excluding hydrogens is 685 g/mol. The first kappa shape index (κ1) is 38.4. The molecule has 2 saturated carbocycles. The highest BCUT2D eigenvalue weighted by Crippen LogP contribution is 2.34. The zero-order chi connectivity index (χ0) is 38.7. The van der Waals surface area contributed by atoms with Gasteiger partial charge >= 0.3 is 0 Å². The Balaban J connectivity index is 1.09. The van der Waals surface area contributed by atoms with Crippen LogP contribution in [0.5, 0.6) is 0 Å². The van der Waals surface area contributed by atoms with Gasteiger partial charge in [0, 0.05) is 56.8 Å². The molecule has 2 atom stereocenters. The van der Waals surface area contributed by atoms with Crippen LogP contribution >= 0.6 is 0 Å². The molecule has 0 bridgehead atoms. The molecule has 4 nitrogen and oxygen atoms in total. The summed E-state index contributed by atoms with van der Waals surface area (Å²) in [6.45, 7) is 4.41. The maximum absolute atomic E-state index is 13.9. The van der Waals surface area contributed by atoms with Crippen molar-refractivity contribution in [3.05, 3.63) is 167 Å². The summed E-state index contributed by atoms with van der Waals surface area (Å²) in [6, 6.07) is 43.6. The lowest BCUT2D eigenvalue weighted by atomic mass is 9.83. The van der Waals surface area contributed by atoms with Gasteiger partial charge in [0.2, 0.25) is 0 Å². The zero-order valence-electron chi connectivity index (χ0n) is 32.8. The fraction of sp³-hybridized carbons (Fsp3) is 0.308. The van der Waals surface area contributed by atoms with Crippen LogP contribution in [-0.2, 0) is 0 Å². The van der Waals surface area contributed by atoms with E-state index in [-0.39, 0.29) is 23.9 Å². The van der Waals surface area contributed by atoms with Gasteiger partial charge in [-0.3, -0.25) is 9.59 Å². The number of hydrogen-bond acceptors (Lipinski definition) is 2. The first-order valence-corrected chi connectivity index (χ1v) is 20.6. The predicted molar refractivity (Wildman–Crippen MR) is 230 cm³/mol. The SMILES string of the molecule is C[C@H](C1CCCCC1)N(C(=O)c1ccccc1)c1ccc(C#Cc2ccccc2C#Cc2ccc(N(C(=O)c3ccccc3)[C@H](C)C3CCCCC3)cc2)cc1. The maximum atomic E-state index is 13.9. The highest BCUT2D eigenvalue weighted by molar-refractivity contribution is 6.07. The van der Waals surface area contributed by atoms with Crippen molar-refractivity contribution in [3.63, 3.8) is 0 Å². The van der Waals surface area contributed by atoms with Gasteiger partial charge < -0.3 is 9.80 Å². The molecule has 0 radical (unpaired) electrons. The summed E-state index contributed by atoms with van der Waals surface area (Å²) in [5.74, 6) is 14.4. The van der Waals surface area contributed by atoms with E-state index >= 15 is 0 Å². The Bertz CT molecular complexity index is 2030. The quantitative estimate of drug-likeness (QED) is 0.149. The second-order valence-corrected chi connectivity index (χ2v) is 15.5. The maximum Gasteiger partial charge on any atom is 0.258 e. The number of nitrogens with zero attached hydrogens (tertiary/aromatic N) is 2. The molecule has 2 amide bonds. The molecule has 4 heteroatoms. The fourth-order valence-electron chi connectivity index (χ4n) is 8.56. The molecule has 0 aromatic heterocycles. The normalized spacial score (nSPS) is 15.6. The molecule has 2 aliphatic rings. The van der Waals surface area contributed by atoms with Gasteiger partial charge in [0.25, 0.3) is 11.8 Å². The Kier molecular flexibility index (Phi) is 12.8. The molecule has 0 unspecified atom stereocenters. The lowest BCUT2D eigenvalue weighted by molar-refractivity contribution is 0.0957. The van der Waals surface area contributed by atoms with Crippen LogP contribution in [0.15, 0.2) is 133 Å². The number of carbonyl (C=O) groups is 2. The molecule has 56 heavy (non-hydrogen) atoms. The van der Waals surface area contributed by atoms with Crippen molar-refractivity contribution < 1.29 is 9.59 Å². The standard InChI is InChI=1S/C52H52N2O2/c1-39(43-17-7-3-8-18-43)53(51(55)47-23-11-5-12-24-47)49-35-29-41(30-36-49)27-33-45-21-15-16-22-46(45)34-28-42-31-37-50(38-32-42)54(40(2)44-19-9-4-10-20-44)52(56)48-25-13-6-14-26-48/h5-6,11-16,21-26,29-32,35-40,43-44H,3-4,7-10,17-20H2,1-2H3/t39-,40-/m1/s1. The van der Waals surface area contributed by atoms with E-state index in [0.717, 1.165) is 59.3 Å². The van der Waals surface area contributed by atoms with Gasteiger partial charge in [-0.2, -0.15) is 0 Å². The summed E-state index contributed by atoms with van der Waals surface area (Å²) in [7, 11) is 0. The van der Waals surface area contributed by atoms with E-state index in [9.17, 15) is 9.59 Å². The van der Waals surface area contributed by atoms with Crippen LogP contribution < -0.4 is 9.80 Å². The van der Waals surface area contributed by atoms with Crippen LogP contribution in [0.25, 0.3) is 0 Å². The molecule has 0 N–H and O–H groups in total. The molecule has 5 aromatic carbocycles. The fourth-order valence-corrected chi connectivity index (χ4v) is 8.56. The highest BCUT2D eigenvalue weighted by Gasteiger charge is 2.31. The minimum absolute atomic E-state index is 0.0386. The summed E-state index contributed by atoms with van der Waals surface area (Å²) in [5.41, 5.74) is 6.67. The Morgan fingerprint density at radius 1 is 0.446 bits per heavy atom. The van der Waals surface area contributed by atoms with Crippen LogP contribution in [0.3, 0.4) is 0 Å². The number of rotatable bonds is 8. The predicted octanol–water partition coefficient (Wildman–Crippen LogP) is 11.7. The number of benzene rings is 5. The van der Waals surface area contributed by atoms with Crippen LogP contribution in [0.1, 0.15) is 121 Å². The van der Waals surface area contributed by atoms with Gasteiger partial charge in [0.1, 0.15) is 0 Å². The molecule has 2 fully saturated rings. The third kappa shape index (κ3) is 9.33. The summed E-state index contributed by atoms with van der Waals surface area (Å²) in [4.78, 5) is 31.8. The number of anilines is 2. The number of amides is 2. The molecule has 0 spiro atoms. The summed E-state index contributed by atoms with van der Waals surface area (Å²) in [5, 5.41) is 0. The molecule has 5 aromatic rings. The van der Waals surface area contributed by atoms with E-state index < -0.39 is 0 Å². The van der Waals surface area contributed by atoms with Crippen LogP contribution in [0.4, 0.5) is 11.4 Å². The second kappa shape index (κ2) is 18.7. The smallest absolute Gasteiger partial charge is 0.258 e. The van der Waals surface area contributed by atoms with E-state index in [1.54, 1.807) is 0 Å². The van der Waals surface area contributed by atoms with Crippen molar-refractivity contribution in [2.45, 2.75) is 90.1 Å². The van der Waals surface area contributed by atoms with E-state index in [1.807, 2.05) is 143 Å². The molecule has 282 valence electrons. The van der Waals surface area contributed by atoms with E-state index in [4.69, 9.17) is 0 Å². The van der Waals surface area contributed by atoms with Crippen LogP contribution in [-0.4, -0.2) is 23.9 Å². The van der Waals surface area contributed by atoms with Crippen LogP contribution in [0, 0.1) is 35.5 Å². The largest absolute Gasteiger partial charge is 0.305 e. The van der Waals surface area contributed by atoms with Crippen molar-refractivity contribution in [1.29, 1.82) is 0 Å². The Hall–Kier alpha value is -5.84. The summed E-state index contributed by atoms with van der Waals surface area (Å²) in [6.07, 6.45) is 12.1. The molecule has 2 aliphatic carbocycles. The molecule has 7 rings (SSSR count). The minimum Gasteiger partial charge on any atom is -0.305 e. The first-order valence-electron chi connectivity index (χ1n) is 20.6. The van der Waals surface area contributed by atoms with Gasteiger partial charge in [0.15, 0.2) is 0 Å². The lowest BCUT2D eigenvalue weighted by Gasteiger charge is -2.37. The van der Waals surface area contributed by atoms with Crippen molar-refractivity contribution >= 4 is 23.2 Å². The molecule has 0 heterocycles. The molecule has 0 saturated heterocycles. The van der Waals surface area contributed by atoms with Crippen molar-refractivity contribution in [2.75, 3.05) is 9.80 Å². The van der Waals surface area contributed by atoms with Crippen molar-refractivity contribution in [3.8, 4) is 23.7 Å².